The molecule has 2 aliphatic rings. The molecule has 2 N–H and O–H groups in total. The molecule has 2 aromatic rings. The SMILES string of the molecule is C/C(=C/CN(CC1=NCc2ccccc2C1)[C@H]1CCCc2cccnc21)CN. The molecule has 0 bridgehead atoms. The normalized spacial score (nSPS) is 19.2. The van der Waals surface area contributed by atoms with Crippen LogP contribution in [0, 0.1) is 0 Å². The molecule has 146 valence electrons. The van der Waals surface area contributed by atoms with Crippen molar-refractivity contribution in [2.45, 2.75) is 45.2 Å². The van der Waals surface area contributed by atoms with Crippen molar-refractivity contribution in [1.29, 1.82) is 0 Å². The fourth-order valence-corrected chi connectivity index (χ4v) is 4.30. The van der Waals surface area contributed by atoms with Gasteiger partial charge in [-0.25, -0.2) is 0 Å². The Kier molecular flexibility index (Phi) is 5.98. The molecule has 0 spiro atoms. The zero-order chi connectivity index (χ0) is 19.3. The number of aliphatic imine (C=N–C) groups is 1. The molecule has 2 heterocycles. The minimum atomic E-state index is 0.353. The number of nitrogens with two attached hydrogens (primary N) is 1. The topological polar surface area (TPSA) is 54.5 Å². The van der Waals surface area contributed by atoms with Gasteiger partial charge >= 0.3 is 0 Å². The summed E-state index contributed by atoms with van der Waals surface area (Å²) in [5.41, 5.74) is 13.8. The molecule has 0 amide bonds. The van der Waals surface area contributed by atoms with E-state index in [1.807, 2.05) is 6.20 Å². The Morgan fingerprint density at radius 3 is 2.86 bits per heavy atom. The van der Waals surface area contributed by atoms with Gasteiger partial charge in [-0.05, 0) is 48.9 Å². The molecule has 1 aliphatic carbocycles. The number of hydrogen-bond donors (Lipinski definition) is 1. The molecule has 1 aromatic carbocycles. The summed E-state index contributed by atoms with van der Waals surface area (Å²) in [4.78, 5) is 12.2. The van der Waals surface area contributed by atoms with Crippen molar-refractivity contribution in [2.24, 2.45) is 10.7 Å². The highest BCUT2D eigenvalue weighted by molar-refractivity contribution is 5.89. The Hall–Kier alpha value is -2.30. The van der Waals surface area contributed by atoms with Crippen LogP contribution >= 0.6 is 0 Å². The molecule has 1 aliphatic heterocycles. The molecule has 4 heteroatoms. The quantitative estimate of drug-likeness (QED) is 0.781. The third kappa shape index (κ3) is 4.23. The number of aromatic nitrogens is 1. The predicted octanol–water partition coefficient (Wildman–Crippen LogP) is 3.86. The van der Waals surface area contributed by atoms with E-state index in [-0.39, 0.29) is 0 Å². The maximum Gasteiger partial charge on any atom is 0.0642 e. The lowest BCUT2D eigenvalue weighted by atomic mass is 9.90. The summed E-state index contributed by atoms with van der Waals surface area (Å²) in [5, 5.41) is 0. The van der Waals surface area contributed by atoms with Gasteiger partial charge in [0.15, 0.2) is 0 Å². The lowest BCUT2D eigenvalue weighted by molar-refractivity contribution is 0.219. The largest absolute Gasteiger partial charge is 0.327 e. The predicted molar refractivity (Wildman–Crippen MR) is 116 cm³/mol. The summed E-state index contributed by atoms with van der Waals surface area (Å²) < 4.78 is 0. The van der Waals surface area contributed by atoms with Gasteiger partial charge in [0.2, 0.25) is 0 Å². The third-order valence-corrected chi connectivity index (χ3v) is 5.97. The van der Waals surface area contributed by atoms with E-state index < -0.39 is 0 Å². The average molecular weight is 375 g/mol. The smallest absolute Gasteiger partial charge is 0.0642 e. The summed E-state index contributed by atoms with van der Waals surface area (Å²) in [5.74, 6) is 0. The number of benzene rings is 1. The van der Waals surface area contributed by atoms with Gasteiger partial charge in [-0.15, -0.1) is 0 Å². The maximum absolute atomic E-state index is 5.83. The van der Waals surface area contributed by atoms with Crippen LogP contribution in [-0.2, 0) is 19.4 Å². The van der Waals surface area contributed by atoms with Crippen LogP contribution in [0.2, 0.25) is 0 Å². The van der Waals surface area contributed by atoms with Crippen LogP contribution in [0.25, 0.3) is 0 Å². The summed E-state index contributed by atoms with van der Waals surface area (Å²) in [6, 6.07) is 13.3. The monoisotopic (exact) mass is 374 g/mol. The Bertz CT molecular complexity index is 884. The molecule has 0 saturated carbocycles. The molecule has 0 fully saturated rings. The van der Waals surface area contributed by atoms with Gasteiger partial charge in [0.05, 0.1) is 18.3 Å². The second kappa shape index (κ2) is 8.80. The van der Waals surface area contributed by atoms with Gasteiger partial charge in [0.1, 0.15) is 0 Å². The number of nitrogens with zero attached hydrogens (tertiary/aromatic N) is 3. The molecule has 0 unspecified atom stereocenters. The summed E-state index contributed by atoms with van der Waals surface area (Å²) in [7, 11) is 0. The van der Waals surface area contributed by atoms with Crippen molar-refractivity contribution in [3.8, 4) is 0 Å². The van der Waals surface area contributed by atoms with Crippen LogP contribution < -0.4 is 5.73 Å². The molecule has 1 atom stereocenters. The molecule has 28 heavy (non-hydrogen) atoms. The summed E-state index contributed by atoms with van der Waals surface area (Å²) in [6.45, 7) is 5.31. The van der Waals surface area contributed by atoms with Crippen molar-refractivity contribution < 1.29 is 0 Å². The Morgan fingerprint density at radius 1 is 1.18 bits per heavy atom. The van der Waals surface area contributed by atoms with Crippen molar-refractivity contribution in [1.82, 2.24) is 9.88 Å². The van der Waals surface area contributed by atoms with E-state index in [2.05, 4.69) is 54.3 Å². The van der Waals surface area contributed by atoms with Crippen LogP contribution in [0.3, 0.4) is 0 Å². The zero-order valence-corrected chi connectivity index (χ0v) is 16.8. The van der Waals surface area contributed by atoms with Gasteiger partial charge in [0.25, 0.3) is 0 Å². The third-order valence-electron chi connectivity index (χ3n) is 5.97. The number of aryl methyl sites for hydroxylation is 1. The number of rotatable bonds is 6. The van der Waals surface area contributed by atoms with E-state index >= 15 is 0 Å². The van der Waals surface area contributed by atoms with Crippen molar-refractivity contribution >= 4 is 5.71 Å². The minimum Gasteiger partial charge on any atom is -0.327 e. The lowest BCUT2D eigenvalue weighted by Crippen LogP contribution is -2.37. The second-order valence-corrected chi connectivity index (χ2v) is 7.97. The van der Waals surface area contributed by atoms with Crippen molar-refractivity contribution in [3.63, 3.8) is 0 Å². The van der Waals surface area contributed by atoms with Crippen molar-refractivity contribution in [2.75, 3.05) is 19.6 Å². The Labute approximate surface area is 168 Å². The molecule has 0 saturated heterocycles. The highest BCUT2D eigenvalue weighted by Gasteiger charge is 2.28. The first kappa shape index (κ1) is 19.0. The number of hydrogen-bond acceptors (Lipinski definition) is 4. The van der Waals surface area contributed by atoms with Crippen LogP contribution in [0.1, 0.15) is 48.2 Å². The van der Waals surface area contributed by atoms with E-state index in [0.29, 0.717) is 12.6 Å². The first-order valence-electron chi connectivity index (χ1n) is 10.4. The van der Waals surface area contributed by atoms with Gasteiger partial charge < -0.3 is 5.73 Å². The first-order chi connectivity index (χ1) is 13.7. The van der Waals surface area contributed by atoms with E-state index in [0.717, 1.165) is 38.9 Å². The van der Waals surface area contributed by atoms with Gasteiger partial charge in [-0.1, -0.05) is 42.0 Å². The van der Waals surface area contributed by atoms with E-state index in [1.54, 1.807) is 0 Å². The second-order valence-electron chi connectivity index (χ2n) is 7.97. The van der Waals surface area contributed by atoms with Crippen LogP contribution in [0.5, 0.6) is 0 Å². The first-order valence-corrected chi connectivity index (χ1v) is 10.4. The average Bonchev–Trinajstić information content (AvgIpc) is 2.76. The number of fused-ring (bicyclic) bond motifs is 2. The van der Waals surface area contributed by atoms with Gasteiger partial charge in [-0.2, -0.15) is 0 Å². The Balaban J connectivity index is 1.58. The fraction of sp³-hybridized carbons (Fsp3) is 0.417. The minimum absolute atomic E-state index is 0.353. The van der Waals surface area contributed by atoms with E-state index in [9.17, 15) is 0 Å². The van der Waals surface area contributed by atoms with E-state index in [1.165, 1.54) is 40.1 Å². The van der Waals surface area contributed by atoms with Crippen LogP contribution in [0.4, 0.5) is 0 Å². The maximum atomic E-state index is 5.83. The molecular weight excluding hydrogens is 344 g/mol. The van der Waals surface area contributed by atoms with Gasteiger partial charge in [-0.3, -0.25) is 14.9 Å². The summed E-state index contributed by atoms with van der Waals surface area (Å²) in [6.07, 6.45) is 8.67. The fourth-order valence-electron chi connectivity index (χ4n) is 4.30. The molecule has 4 nitrogen and oxygen atoms in total. The van der Waals surface area contributed by atoms with E-state index in [4.69, 9.17) is 15.7 Å². The summed E-state index contributed by atoms with van der Waals surface area (Å²) >= 11 is 0. The standard InChI is InChI=1S/C24H30N4/c1-18(15-25)11-13-28(23-10-4-8-19-9-5-12-26-24(19)23)17-22-14-20-6-2-3-7-21(20)16-27-22/h2-3,5-7,9,11-12,23H,4,8,10,13-17,25H2,1H3/b18-11-/t23-/m0/s1. The molecule has 0 radical (unpaired) electrons. The highest BCUT2D eigenvalue weighted by Crippen LogP contribution is 2.33. The van der Waals surface area contributed by atoms with Crippen LogP contribution in [-0.4, -0.2) is 35.2 Å². The number of pyridine rings is 1. The Morgan fingerprint density at radius 2 is 2.00 bits per heavy atom. The van der Waals surface area contributed by atoms with Gasteiger partial charge in [0, 0.05) is 38.0 Å². The highest BCUT2D eigenvalue weighted by atomic mass is 15.2. The van der Waals surface area contributed by atoms with Crippen molar-refractivity contribution in [3.05, 3.63) is 76.6 Å². The zero-order valence-electron chi connectivity index (χ0n) is 16.8. The molecule has 1 aromatic heterocycles. The lowest BCUT2D eigenvalue weighted by Gasteiger charge is -2.35. The van der Waals surface area contributed by atoms with Crippen LogP contribution in [0.15, 0.2) is 59.2 Å². The molecule has 4 rings (SSSR count). The molecular formula is C24H30N4.